The second-order valence-corrected chi connectivity index (χ2v) is 7.03. The van der Waals surface area contributed by atoms with Gasteiger partial charge in [0.2, 0.25) is 5.91 Å². The molecule has 0 radical (unpaired) electrons. The van der Waals surface area contributed by atoms with Crippen molar-refractivity contribution in [3.05, 3.63) is 30.1 Å². The molecule has 2 fully saturated rings. The molecule has 4 heterocycles. The Balaban J connectivity index is 1.43. The second-order valence-electron chi connectivity index (χ2n) is 6.04. The van der Waals surface area contributed by atoms with Crippen molar-refractivity contribution in [3.63, 3.8) is 0 Å². The minimum atomic E-state index is -0.346. The smallest absolute Gasteiger partial charge is 0.279 e. The maximum absolute atomic E-state index is 12.4. The third kappa shape index (κ3) is 2.69. The van der Waals surface area contributed by atoms with E-state index in [2.05, 4.69) is 21.4 Å². The van der Waals surface area contributed by atoms with E-state index in [0.717, 1.165) is 31.6 Å². The van der Waals surface area contributed by atoms with E-state index >= 15 is 0 Å². The molecule has 2 aliphatic heterocycles. The highest BCUT2D eigenvalue weighted by Gasteiger charge is 2.33. The summed E-state index contributed by atoms with van der Waals surface area (Å²) in [5, 5.41) is 3.82. The molecule has 2 aliphatic rings. The fraction of sp³-hybridized carbons (Fsp3) is 0.438. The Hall–Kier alpha value is -2.02. The van der Waals surface area contributed by atoms with E-state index in [9.17, 15) is 9.59 Å². The Morgan fingerprint density at radius 1 is 1.35 bits per heavy atom. The van der Waals surface area contributed by atoms with Crippen LogP contribution in [-0.2, 0) is 4.79 Å². The zero-order valence-corrected chi connectivity index (χ0v) is 13.4. The SMILES string of the molecule is O=C1NC(C(=O)N2CCC(c3c[nH]c4ncccc34)CC2)CS1. The molecule has 1 unspecified atom stereocenters. The molecule has 6 nitrogen and oxygen atoms in total. The molecule has 0 spiro atoms. The van der Waals surface area contributed by atoms with Crippen LogP contribution in [0.25, 0.3) is 11.0 Å². The number of nitrogens with one attached hydrogen (secondary N) is 2. The van der Waals surface area contributed by atoms with Gasteiger partial charge in [-0.15, -0.1) is 0 Å². The van der Waals surface area contributed by atoms with Gasteiger partial charge in [-0.25, -0.2) is 4.98 Å². The summed E-state index contributed by atoms with van der Waals surface area (Å²) in [6, 6.07) is 3.71. The Morgan fingerprint density at radius 3 is 2.91 bits per heavy atom. The number of piperidine rings is 1. The molecule has 0 bridgehead atoms. The summed E-state index contributed by atoms with van der Waals surface area (Å²) in [5.74, 6) is 1.05. The molecule has 23 heavy (non-hydrogen) atoms. The van der Waals surface area contributed by atoms with Crippen LogP contribution < -0.4 is 5.32 Å². The van der Waals surface area contributed by atoms with Gasteiger partial charge in [0.05, 0.1) is 0 Å². The average Bonchev–Trinajstić information content (AvgIpc) is 3.21. The van der Waals surface area contributed by atoms with Crippen LogP contribution in [0, 0.1) is 0 Å². The number of likely N-dealkylation sites (tertiary alicyclic amines) is 1. The normalized spacial score (nSPS) is 22.5. The van der Waals surface area contributed by atoms with Crippen LogP contribution in [0.1, 0.15) is 24.3 Å². The predicted molar refractivity (Wildman–Crippen MR) is 89.4 cm³/mol. The van der Waals surface area contributed by atoms with Gasteiger partial charge in [-0.2, -0.15) is 0 Å². The molecule has 2 saturated heterocycles. The lowest BCUT2D eigenvalue weighted by molar-refractivity contribution is -0.133. The highest BCUT2D eigenvalue weighted by Crippen LogP contribution is 2.32. The predicted octanol–water partition coefficient (Wildman–Crippen LogP) is 2.09. The van der Waals surface area contributed by atoms with Crippen molar-refractivity contribution in [3.8, 4) is 0 Å². The van der Waals surface area contributed by atoms with E-state index in [4.69, 9.17) is 0 Å². The minimum Gasteiger partial charge on any atom is -0.346 e. The topological polar surface area (TPSA) is 78.1 Å². The second kappa shape index (κ2) is 5.88. The molecule has 0 aliphatic carbocycles. The highest BCUT2D eigenvalue weighted by atomic mass is 32.2. The van der Waals surface area contributed by atoms with Crippen molar-refractivity contribution in [2.75, 3.05) is 18.8 Å². The minimum absolute atomic E-state index is 0.0578. The van der Waals surface area contributed by atoms with E-state index in [1.165, 1.54) is 22.7 Å². The quantitative estimate of drug-likeness (QED) is 0.884. The van der Waals surface area contributed by atoms with E-state index in [1.54, 1.807) is 6.20 Å². The largest absolute Gasteiger partial charge is 0.346 e. The number of hydrogen-bond donors (Lipinski definition) is 2. The van der Waals surface area contributed by atoms with E-state index < -0.39 is 0 Å². The van der Waals surface area contributed by atoms with Gasteiger partial charge in [0.1, 0.15) is 11.7 Å². The van der Waals surface area contributed by atoms with Crippen molar-refractivity contribution in [1.82, 2.24) is 20.2 Å². The highest BCUT2D eigenvalue weighted by molar-refractivity contribution is 8.14. The Labute approximate surface area is 138 Å². The van der Waals surface area contributed by atoms with Crippen LogP contribution >= 0.6 is 11.8 Å². The number of aromatic nitrogens is 2. The molecule has 0 saturated carbocycles. The fourth-order valence-electron chi connectivity index (χ4n) is 3.46. The summed E-state index contributed by atoms with van der Waals surface area (Å²) in [6.45, 7) is 1.49. The molecule has 2 amide bonds. The summed E-state index contributed by atoms with van der Waals surface area (Å²) >= 11 is 1.19. The first kappa shape index (κ1) is 14.6. The van der Waals surface area contributed by atoms with Crippen LogP contribution in [0.2, 0.25) is 0 Å². The van der Waals surface area contributed by atoms with E-state index in [-0.39, 0.29) is 17.2 Å². The first-order chi connectivity index (χ1) is 11.2. The number of fused-ring (bicyclic) bond motifs is 1. The Morgan fingerprint density at radius 2 is 2.17 bits per heavy atom. The van der Waals surface area contributed by atoms with Crippen LogP contribution in [0.3, 0.4) is 0 Å². The van der Waals surface area contributed by atoms with Crippen LogP contribution in [0.15, 0.2) is 24.5 Å². The summed E-state index contributed by atoms with van der Waals surface area (Å²) in [7, 11) is 0. The van der Waals surface area contributed by atoms with Crippen molar-refractivity contribution in [2.45, 2.75) is 24.8 Å². The number of carbonyl (C=O) groups excluding carboxylic acids is 2. The molecule has 2 aromatic rings. The number of carbonyl (C=O) groups is 2. The summed E-state index contributed by atoms with van der Waals surface area (Å²) in [4.78, 5) is 33.1. The van der Waals surface area contributed by atoms with Gasteiger partial charge in [0, 0.05) is 36.6 Å². The third-order valence-electron chi connectivity index (χ3n) is 4.70. The first-order valence-corrected chi connectivity index (χ1v) is 8.85. The van der Waals surface area contributed by atoms with Gasteiger partial charge in [0.15, 0.2) is 0 Å². The Bertz CT molecular complexity index is 751. The summed E-state index contributed by atoms with van der Waals surface area (Å²) < 4.78 is 0. The van der Waals surface area contributed by atoms with Crippen molar-refractivity contribution in [2.24, 2.45) is 0 Å². The monoisotopic (exact) mass is 330 g/mol. The summed E-state index contributed by atoms with van der Waals surface area (Å²) in [5.41, 5.74) is 2.22. The maximum Gasteiger partial charge on any atom is 0.279 e. The van der Waals surface area contributed by atoms with Crippen molar-refractivity contribution < 1.29 is 9.59 Å². The first-order valence-electron chi connectivity index (χ1n) is 7.86. The van der Waals surface area contributed by atoms with Crippen LogP contribution in [0.5, 0.6) is 0 Å². The van der Waals surface area contributed by atoms with Crippen molar-refractivity contribution in [1.29, 1.82) is 0 Å². The number of pyridine rings is 1. The van der Waals surface area contributed by atoms with Crippen LogP contribution in [0.4, 0.5) is 4.79 Å². The number of H-pyrrole nitrogens is 1. The molecular weight excluding hydrogens is 312 g/mol. The number of hydrogen-bond acceptors (Lipinski definition) is 4. The third-order valence-corrected chi connectivity index (χ3v) is 5.58. The lowest BCUT2D eigenvalue weighted by Crippen LogP contribution is -2.48. The van der Waals surface area contributed by atoms with E-state index in [1.807, 2.05) is 17.2 Å². The number of aromatic amines is 1. The van der Waals surface area contributed by atoms with Gasteiger partial charge in [0.25, 0.3) is 5.24 Å². The average molecular weight is 330 g/mol. The molecule has 0 aromatic carbocycles. The zero-order chi connectivity index (χ0) is 15.8. The molecule has 4 rings (SSSR count). The molecular formula is C16H18N4O2S. The standard InChI is InChI=1S/C16H18N4O2S/c21-15(13-9-23-16(22)19-13)20-6-3-10(4-7-20)12-8-18-14-11(12)2-1-5-17-14/h1-2,5,8,10,13H,3-4,6-7,9H2,(H,17,18)(H,19,22). The van der Waals surface area contributed by atoms with Gasteiger partial charge >= 0.3 is 0 Å². The number of amides is 2. The zero-order valence-electron chi connectivity index (χ0n) is 12.6. The number of nitrogens with zero attached hydrogens (tertiary/aromatic N) is 2. The molecule has 2 N–H and O–H groups in total. The molecule has 7 heteroatoms. The molecule has 1 atom stereocenters. The lowest BCUT2D eigenvalue weighted by Gasteiger charge is -2.33. The molecule has 2 aromatic heterocycles. The number of thioether (sulfide) groups is 1. The maximum atomic E-state index is 12.4. The van der Waals surface area contributed by atoms with Crippen LogP contribution in [-0.4, -0.2) is 50.9 Å². The van der Waals surface area contributed by atoms with Gasteiger partial charge in [-0.3, -0.25) is 9.59 Å². The fourth-order valence-corrected chi connectivity index (χ4v) is 4.23. The summed E-state index contributed by atoms with van der Waals surface area (Å²) in [6.07, 6.45) is 5.73. The van der Waals surface area contributed by atoms with Gasteiger partial charge < -0.3 is 15.2 Å². The Kier molecular flexibility index (Phi) is 3.72. The van der Waals surface area contributed by atoms with Crippen molar-refractivity contribution >= 4 is 33.9 Å². The van der Waals surface area contributed by atoms with Gasteiger partial charge in [-0.1, -0.05) is 11.8 Å². The number of rotatable bonds is 2. The van der Waals surface area contributed by atoms with Gasteiger partial charge in [-0.05, 0) is 36.5 Å². The van der Waals surface area contributed by atoms with E-state index in [0.29, 0.717) is 11.7 Å². The molecule has 120 valence electrons. The lowest BCUT2D eigenvalue weighted by atomic mass is 9.89.